The molecule has 6 aromatic carbocycles. The van der Waals surface area contributed by atoms with Crippen LogP contribution >= 0.6 is 0 Å². The molecule has 0 radical (unpaired) electrons. The zero-order chi connectivity index (χ0) is 29.5. The molecule has 4 heterocycles. The molecular formula is C40H24N4O. The number of rotatable bonds is 3. The lowest BCUT2D eigenvalue weighted by Gasteiger charge is -2.13. The van der Waals surface area contributed by atoms with E-state index in [9.17, 15) is 0 Å². The van der Waals surface area contributed by atoms with Crippen molar-refractivity contribution < 1.29 is 4.42 Å². The zero-order valence-corrected chi connectivity index (χ0v) is 24.1. The highest BCUT2D eigenvalue weighted by Crippen LogP contribution is 2.43. The second kappa shape index (κ2) is 9.15. The highest BCUT2D eigenvalue weighted by atomic mass is 16.3. The minimum atomic E-state index is 0.759. The maximum Gasteiger partial charge on any atom is 0.182 e. The van der Waals surface area contributed by atoms with Crippen LogP contribution in [-0.2, 0) is 0 Å². The van der Waals surface area contributed by atoms with Gasteiger partial charge in [-0.25, -0.2) is 9.97 Å². The maximum atomic E-state index is 6.04. The van der Waals surface area contributed by atoms with E-state index in [0.29, 0.717) is 0 Å². The Balaban J connectivity index is 1.33. The van der Waals surface area contributed by atoms with Crippen molar-refractivity contribution in [1.82, 2.24) is 19.1 Å². The van der Waals surface area contributed by atoms with E-state index in [4.69, 9.17) is 14.4 Å². The van der Waals surface area contributed by atoms with Gasteiger partial charge in [0.2, 0.25) is 0 Å². The quantitative estimate of drug-likeness (QED) is 0.210. The van der Waals surface area contributed by atoms with E-state index in [0.717, 1.165) is 66.3 Å². The summed E-state index contributed by atoms with van der Waals surface area (Å²) in [6, 6.07) is 47.2. The van der Waals surface area contributed by atoms with E-state index in [1.165, 1.54) is 21.8 Å². The highest BCUT2D eigenvalue weighted by molar-refractivity contribution is 6.26. The lowest BCUT2D eigenvalue weighted by Crippen LogP contribution is -1.96. The molecule has 4 aromatic heterocycles. The standard InChI is InChI=1S/C40H24N4O/c1-3-10-26(11-4-1)43-34-16-8-7-14-28(34)33-22-25(17-20-35(33)43)32-23-36-38(42-24-45-36)37-29(32)18-19-30-31-15-9-21-41-40(31)44(39(30)37)27-12-5-2-6-13-27/h1-24H. The molecule has 0 bridgehead atoms. The van der Waals surface area contributed by atoms with Crippen LogP contribution in [0.2, 0.25) is 0 Å². The normalized spacial score (nSPS) is 12.0. The Morgan fingerprint density at radius 1 is 0.511 bits per heavy atom. The number of oxazole rings is 1. The summed E-state index contributed by atoms with van der Waals surface area (Å²) >= 11 is 0. The third kappa shape index (κ3) is 3.38. The van der Waals surface area contributed by atoms with Gasteiger partial charge in [-0.3, -0.25) is 4.57 Å². The van der Waals surface area contributed by atoms with Gasteiger partial charge < -0.3 is 8.98 Å². The lowest BCUT2D eigenvalue weighted by atomic mass is 9.94. The third-order valence-corrected chi connectivity index (χ3v) is 9.10. The van der Waals surface area contributed by atoms with E-state index in [1.54, 1.807) is 6.39 Å². The van der Waals surface area contributed by atoms with Crippen LogP contribution in [0.25, 0.3) is 88.1 Å². The van der Waals surface area contributed by atoms with Gasteiger partial charge in [0.25, 0.3) is 0 Å². The van der Waals surface area contributed by atoms with Crippen molar-refractivity contribution in [3.63, 3.8) is 0 Å². The Morgan fingerprint density at radius 3 is 2.07 bits per heavy atom. The summed E-state index contributed by atoms with van der Waals surface area (Å²) in [4.78, 5) is 9.62. The average Bonchev–Trinajstić information content (AvgIpc) is 3.81. The molecule has 0 saturated carbocycles. The van der Waals surface area contributed by atoms with Crippen LogP contribution < -0.4 is 0 Å². The van der Waals surface area contributed by atoms with Gasteiger partial charge in [-0.2, -0.15) is 0 Å². The van der Waals surface area contributed by atoms with E-state index in [-0.39, 0.29) is 0 Å². The molecule has 0 aliphatic rings. The second-order valence-electron chi connectivity index (χ2n) is 11.5. The van der Waals surface area contributed by atoms with Gasteiger partial charge in [-0.15, -0.1) is 0 Å². The van der Waals surface area contributed by atoms with Crippen LogP contribution in [0.1, 0.15) is 0 Å². The Kier molecular flexibility index (Phi) is 4.93. The van der Waals surface area contributed by atoms with Crippen molar-refractivity contribution in [2.24, 2.45) is 0 Å². The summed E-state index contributed by atoms with van der Waals surface area (Å²) in [7, 11) is 0. The first kappa shape index (κ1) is 24.3. The topological polar surface area (TPSA) is 48.8 Å². The minimum Gasteiger partial charge on any atom is -0.443 e. The monoisotopic (exact) mass is 576 g/mol. The van der Waals surface area contributed by atoms with E-state index in [1.807, 2.05) is 18.3 Å². The van der Waals surface area contributed by atoms with Crippen LogP contribution in [0.4, 0.5) is 0 Å². The Bertz CT molecular complexity index is 2750. The molecule has 0 atom stereocenters. The first-order valence-corrected chi connectivity index (χ1v) is 15.1. The molecule has 0 aliphatic heterocycles. The van der Waals surface area contributed by atoms with E-state index < -0.39 is 0 Å². The molecule has 10 aromatic rings. The molecular weight excluding hydrogens is 552 g/mol. The number of nitrogens with zero attached hydrogens (tertiary/aromatic N) is 4. The molecule has 5 nitrogen and oxygen atoms in total. The first-order chi connectivity index (χ1) is 22.3. The predicted molar refractivity (Wildman–Crippen MR) is 183 cm³/mol. The summed E-state index contributed by atoms with van der Waals surface area (Å²) in [5.41, 5.74) is 10.4. The Hall–Kier alpha value is -6.20. The zero-order valence-electron chi connectivity index (χ0n) is 24.1. The fourth-order valence-electron chi connectivity index (χ4n) is 7.21. The highest BCUT2D eigenvalue weighted by Gasteiger charge is 2.21. The Morgan fingerprint density at radius 2 is 1.22 bits per heavy atom. The van der Waals surface area contributed by atoms with Gasteiger partial charge in [0.1, 0.15) is 11.2 Å². The molecule has 210 valence electrons. The number of hydrogen-bond donors (Lipinski definition) is 0. The van der Waals surface area contributed by atoms with Gasteiger partial charge in [0, 0.05) is 44.5 Å². The van der Waals surface area contributed by atoms with Gasteiger partial charge in [0.05, 0.1) is 16.6 Å². The van der Waals surface area contributed by atoms with Crippen molar-refractivity contribution >= 4 is 65.6 Å². The molecule has 0 N–H and O–H groups in total. The van der Waals surface area contributed by atoms with Crippen molar-refractivity contribution in [3.05, 3.63) is 146 Å². The molecule has 0 fully saturated rings. The number of pyridine rings is 1. The molecule has 0 spiro atoms. The fraction of sp³-hybridized carbons (Fsp3) is 0. The van der Waals surface area contributed by atoms with Crippen molar-refractivity contribution in [3.8, 4) is 22.5 Å². The van der Waals surface area contributed by atoms with Crippen molar-refractivity contribution in [2.75, 3.05) is 0 Å². The number of hydrogen-bond acceptors (Lipinski definition) is 3. The fourth-order valence-corrected chi connectivity index (χ4v) is 7.21. The smallest absolute Gasteiger partial charge is 0.182 e. The van der Waals surface area contributed by atoms with Gasteiger partial charge in [-0.05, 0) is 77.2 Å². The lowest BCUT2D eigenvalue weighted by molar-refractivity contribution is 0.602. The number of benzene rings is 6. The SMILES string of the molecule is c1ccc(-n2c3ccccc3c3cc(-c4cc5ocnc5c5c4ccc4c6cccnc6n(-c6ccccc6)c45)ccc32)cc1. The second-order valence-corrected chi connectivity index (χ2v) is 11.5. The van der Waals surface area contributed by atoms with Gasteiger partial charge in [0.15, 0.2) is 12.0 Å². The maximum absolute atomic E-state index is 6.04. The average molecular weight is 577 g/mol. The number of para-hydroxylation sites is 3. The predicted octanol–water partition coefficient (Wildman–Crippen LogP) is 10.2. The molecule has 0 amide bonds. The summed E-state index contributed by atoms with van der Waals surface area (Å²) in [6.45, 7) is 0. The van der Waals surface area contributed by atoms with Crippen LogP contribution in [0.15, 0.2) is 150 Å². The molecule has 0 aliphatic carbocycles. The van der Waals surface area contributed by atoms with Crippen LogP contribution in [0.5, 0.6) is 0 Å². The first-order valence-electron chi connectivity index (χ1n) is 15.1. The van der Waals surface area contributed by atoms with Gasteiger partial charge >= 0.3 is 0 Å². The largest absolute Gasteiger partial charge is 0.443 e. The summed E-state index contributed by atoms with van der Waals surface area (Å²) < 4.78 is 10.7. The molecule has 10 rings (SSSR count). The molecule has 5 heteroatoms. The van der Waals surface area contributed by atoms with Gasteiger partial charge in [-0.1, -0.05) is 72.8 Å². The van der Waals surface area contributed by atoms with Crippen LogP contribution in [-0.4, -0.2) is 19.1 Å². The minimum absolute atomic E-state index is 0.759. The molecule has 45 heavy (non-hydrogen) atoms. The van der Waals surface area contributed by atoms with E-state index in [2.05, 4.69) is 130 Å². The van der Waals surface area contributed by atoms with Crippen LogP contribution in [0, 0.1) is 0 Å². The third-order valence-electron chi connectivity index (χ3n) is 9.10. The number of fused-ring (bicyclic) bond motifs is 10. The summed E-state index contributed by atoms with van der Waals surface area (Å²) in [5.74, 6) is 0. The Labute approximate surface area is 257 Å². The summed E-state index contributed by atoms with van der Waals surface area (Å²) in [6.07, 6.45) is 3.41. The summed E-state index contributed by atoms with van der Waals surface area (Å²) in [5, 5.41) is 6.85. The van der Waals surface area contributed by atoms with Crippen molar-refractivity contribution in [2.45, 2.75) is 0 Å². The number of aromatic nitrogens is 4. The molecule has 0 unspecified atom stereocenters. The van der Waals surface area contributed by atoms with Crippen molar-refractivity contribution in [1.29, 1.82) is 0 Å². The molecule has 0 saturated heterocycles. The van der Waals surface area contributed by atoms with Crippen LogP contribution in [0.3, 0.4) is 0 Å². The van der Waals surface area contributed by atoms with E-state index >= 15 is 0 Å².